The van der Waals surface area contributed by atoms with Gasteiger partial charge in [0.15, 0.2) is 0 Å². The summed E-state index contributed by atoms with van der Waals surface area (Å²) in [5.74, 6) is -0.473. The van der Waals surface area contributed by atoms with Crippen LogP contribution in [0, 0.1) is 0 Å². The van der Waals surface area contributed by atoms with Crippen LogP contribution in [-0.2, 0) is 16.1 Å². The smallest absolute Gasteiger partial charge is 0.408 e. The summed E-state index contributed by atoms with van der Waals surface area (Å²) in [6.07, 6.45) is 2.52. The summed E-state index contributed by atoms with van der Waals surface area (Å²) in [5, 5.41) is 2.81. The summed E-state index contributed by atoms with van der Waals surface area (Å²) in [4.78, 5) is 27.0. The van der Waals surface area contributed by atoms with Crippen molar-refractivity contribution in [3.8, 4) is 0 Å². The lowest BCUT2D eigenvalue weighted by Crippen LogP contribution is -2.65. The number of carbonyl (C=O) groups excluding carboxylic acids is 2. The van der Waals surface area contributed by atoms with Crippen LogP contribution >= 0.6 is 0 Å². The summed E-state index contributed by atoms with van der Waals surface area (Å²) in [6, 6.07) is 10.8. The van der Waals surface area contributed by atoms with Gasteiger partial charge in [-0.15, -0.1) is 0 Å². The molecule has 142 valence electrons. The molecular weight excluding hydrogens is 330 g/mol. The van der Waals surface area contributed by atoms with Crippen molar-refractivity contribution in [2.45, 2.75) is 76.2 Å². The van der Waals surface area contributed by atoms with Gasteiger partial charge in [0.25, 0.3) is 0 Å². The molecule has 2 aliphatic rings. The maximum atomic E-state index is 12.3. The Bertz CT molecular complexity index is 655. The van der Waals surface area contributed by atoms with E-state index in [4.69, 9.17) is 10.5 Å². The van der Waals surface area contributed by atoms with Crippen LogP contribution in [0.25, 0.3) is 0 Å². The maximum Gasteiger partial charge on any atom is 0.408 e. The highest BCUT2D eigenvalue weighted by Gasteiger charge is 2.52. The fourth-order valence-corrected chi connectivity index (χ4v) is 4.26. The number of hydrogen-bond acceptors (Lipinski definition) is 4. The van der Waals surface area contributed by atoms with Gasteiger partial charge in [-0.25, -0.2) is 4.79 Å². The van der Waals surface area contributed by atoms with Crippen molar-refractivity contribution in [1.82, 2.24) is 10.2 Å². The van der Waals surface area contributed by atoms with Crippen LogP contribution in [0.3, 0.4) is 0 Å². The lowest BCUT2D eigenvalue weighted by atomic mass is 9.82. The molecule has 0 spiro atoms. The molecule has 0 radical (unpaired) electrons. The fourth-order valence-electron chi connectivity index (χ4n) is 4.26. The SMILES string of the molecule is CC(C)(C)OC(=O)NC1(C(N)=O)CC2CCC(C1)N2Cc1ccccc1. The first-order chi connectivity index (χ1) is 12.2. The second-order valence-corrected chi connectivity index (χ2v) is 8.52. The molecule has 0 saturated carbocycles. The molecule has 26 heavy (non-hydrogen) atoms. The zero-order valence-corrected chi connectivity index (χ0v) is 15.8. The predicted octanol–water partition coefficient (Wildman–Crippen LogP) is 2.56. The van der Waals surface area contributed by atoms with E-state index in [1.807, 2.05) is 18.2 Å². The second kappa shape index (κ2) is 6.91. The molecule has 3 rings (SSSR count). The monoisotopic (exact) mass is 359 g/mol. The van der Waals surface area contributed by atoms with Crippen LogP contribution in [0.15, 0.2) is 30.3 Å². The van der Waals surface area contributed by atoms with Crippen molar-refractivity contribution < 1.29 is 14.3 Å². The second-order valence-electron chi connectivity index (χ2n) is 8.52. The molecule has 0 aromatic heterocycles. The van der Waals surface area contributed by atoms with E-state index in [1.165, 1.54) is 5.56 Å². The van der Waals surface area contributed by atoms with Crippen molar-refractivity contribution in [1.29, 1.82) is 0 Å². The zero-order chi connectivity index (χ0) is 18.9. The van der Waals surface area contributed by atoms with Gasteiger partial charge in [-0.1, -0.05) is 30.3 Å². The van der Waals surface area contributed by atoms with Crippen LogP contribution < -0.4 is 11.1 Å². The molecule has 1 aromatic carbocycles. The van der Waals surface area contributed by atoms with Gasteiger partial charge in [0.1, 0.15) is 11.1 Å². The van der Waals surface area contributed by atoms with Crippen molar-refractivity contribution in [2.24, 2.45) is 5.73 Å². The summed E-state index contributed by atoms with van der Waals surface area (Å²) >= 11 is 0. The number of carbonyl (C=O) groups is 2. The lowest BCUT2D eigenvalue weighted by molar-refractivity contribution is -0.128. The third-order valence-corrected chi connectivity index (χ3v) is 5.36. The number of rotatable bonds is 4. The molecule has 2 saturated heterocycles. The fraction of sp³-hybridized carbons (Fsp3) is 0.600. The molecule has 2 unspecified atom stereocenters. The third-order valence-electron chi connectivity index (χ3n) is 5.36. The molecule has 2 amide bonds. The summed E-state index contributed by atoms with van der Waals surface area (Å²) in [6.45, 7) is 6.26. The van der Waals surface area contributed by atoms with Crippen LogP contribution in [0.1, 0.15) is 52.0 Å². The molecule has 2 heterocycles. The molecule has 3 N–H and O–H groups in total. The Balaban J connectivity index is 1.73. The predicted molar refractivity (Wildman–Crippen MR) is 99.3 cm³/mol. The minimum absolute atomic E-state index is 0.233. The summed E-state index contributed by atoms with van der Waals surface area (Å²) in [7, 11) is 0. The van der Waals surface area contributed by atoms with Crippen LogP contribution in [0.2, 0.25) is 0 Å². The van der Waals surface area contributed by atoms with E-state index in [9.17, 15) is 9.59 Å². The number of nitrogens with two attached hydrogens (primary N) is 1. The van der Waals surface area contributed by atoms with Gasteiger partial charge in [-0.3, -0.25) is 9.69 Å². The topological polar surface area (TPSA) is 84.7 Å². The largest absolute Gasteiger partial charge is 0.444 e. The number of amides is 2. The average molecular weight is 359 g/mol. The third kappa shape index (κ3) is 4.01. The Labute approximate surface area is 155 Å². The van der Waals surface area contributed by atoms with Crippen molar-refractivity contribution >= 4 is 12.0 Å². The first-order valence-electron chi connectivity index (χ1n) is 9.29. The van der Waals surface area contributed by atoms with Crippen LogP contribution in [0.4, 0.5) is 4.79 Å². The highest BCUT2D eigenvalue weighted by Crippen LogP contribution is 2.41. The minimum atomic E-state index is -1.03. The number of primary amides is 1. The first-order valence-corrected chi connectivity index (χ1v) is 9.29. The number of benzene rings is 1. The van der Waals surface area contributed by atoms with Gasteiger partial charge in [0, 0.05) is 18.6 Å². The first kappa shape index (κ1) is 18.7. The number of fused-ring (bicyclic) bond motifs is 2. The Morgan fingerprint density at radius 3 is 2.27 bits per heavy atom. The van der Waals surface area contributed by atoms with E-state index in [1.54, 1.807) is 20.8 Å². The summed E-state index contributed by atoms with van der Waals surface area (Å²) in [5.41, 5.74) is 5.36. The maximum absolute atomic E-state index is 12.3. The normalized spacial score (nSPS) is 28.6. The highest BCUT2D eigenvalue weighted by molar-refractivity contribution is 5.89. The van der Waals surface area contributed by atoms with Crippen molar-refractivity contribution in [3.05, 3.63) is 35.9 Å². The summed E-state index contributed by atoms with van der Waals surface area (Å²) < 4.78 is 5.36. The standard InChI is InChI=1S/C20H29N3O3/c1-19(2,3)26-18(25)22-20(17(21)24)11-15-9-10-16(12-20)23(15)13-14-7-5-4-6-8-14/h4-8,15-16H,9-13H2,1-3H3,(H2,21,24)(H,22,25). The van der Waals surface area contributed by atoms with Crippen LogP contribution in [-0.4, -0.2) is 40.1 Å². The molecule has 0 aliphatic carbocycles. The molecule has 2 aliphatic heterocycles. The van der Waals surface area contributed by atoms with Gasteiger partial charge < -0.3 is 15.8 Å². The van der Waals surface area contributed by atoms with Gasteiger partial charge in [0.05, 0.1) is 0 Å². The molecule has 6 heteroatoms. The van der Waals surface area contributed by atoms with Gasteiger partial charge in [-0.05, 0) is 52.0 Å². The molecule has 1 aromatic rings. The van der Waals surface area contributed by atoms with E-state index in [0.29, 0.717) is 12.8 Å². The number of alkyl carbamates (subject to hydrolysis) is 1. The number of ether oxygens (including phenoxy) is 1. The van der Waals surface area contributed by atoms with Crippen molar-refractivity contribution in [3.63, 3.8) is 0 Å². The van der Waals surface area contributed by atoms with E-state index in [0.717, 1.165) is 19.4 Å². The Kier molecular flexibility index (Phi) is 4.97. The van der Waals surface area contributed by atoms with E-state index < -0.39 is 23.1 Å². The Morgan fingerprint density at radius 1 is 1.19 bits per heavy atom. The molecule has 2 atom stereocenters. The number of nitrogens with one attached hydrogen (secondary N) is 1. The van der Waals surface area contributed by atoms with E-state index in [-0.39, 0.29) is 12.1 Å². The Morgan fingerprint density at radius 2 is 1.77 bits per heavy atom. The number of piperidine rings is 1. The quantitative estimate of drug-likeness (QED) is 0.865. The van der Waals surface area contributed by atoms with Crippen LogP contribution in [0.5, 0.6) is 0 Å². The number of hydrogen-bond donors (Lipinski definition) is 2. The van der Waals surface area contributed by atoms with Gasteiger partial charge >= 0.3 is 6.09 Å². The van der Waals surface area contributed by atoms with Gasteiger partial charge in [0.2, 0.25) is 5.91 Å². The van der Waals surface area contributed by atoms with E-state index >= 15 is 0 Å². The zero-order valence-electron chi connectivity index (χ0n) is 15.8. The van der Waals surface area contributed by atoms with Gasteiger partial charge in [-0.2, -0.15) is 0 Å². The molecule has 6 nitrogen and oxygen atoms in total. The number of nitrogens with zero attached hydrogens (tertiary/aromatic N) is 1. The molecule has 2 fully saturated rings. The highest BCUT2D eigenvalue weighted by atomic mass is 16.6. The van der Waals surface area contributed by atoms with Crippen molar-refractivity contribution in [2.75, 3.05) is 0 Å². The Hall–Kier alpha value is -2.08. The minimum Gasteiger partial charge on any atom is -0.444 e. The molecular formula is C20H29N3O3. The molecule has 2 bridgehead atoms. The average Bonchev–Trinajstić information content (AvgIpc) is 2.77. The lowest BCUT2D eigenvalue weighted by Gasteiger charge is -2.45. The van der Waals surface area contributed by atoms with E-state index in [2.05, 4.69) is 22.3 Å².